The summed E-state index contributed by atoms with van der Waals surface area (Å²) in [6, 6.07) is 7.55. The second-order valence-electron chi connectivity index (χ2n) is 4.20. The van der Waals surface area contributed by atoms with Crippen LogP contribution >= 0.6 is 15.9 Å². The number of aryl methyl sites for hydroxylation is 1. The van der Waals surface area contributed by atoms with E-state index in [0.29, 0.717) is 6.54 Å². The quantitative estimate of drug-likeness (QED) is 0.853. The SMILES string of the molecule is CN(Cc1ccccc1Br)S(=O)(=O)c1cnn(C)c1. The molecule has 0 spiro atoms. The minimum Gasteiger partial charge on any atom is -0.274 e. The Morgan fingerprint density at radius 1 is 1.37 bits per heavy atom. The van der Waals surface area contributed by atoms with Gasteiger partial charge in [0.1, 0.15) is 4.90 Å². The molecule has 102 valence electrons. The van der Waals surface area contributed by atoms with Crippen molar-refractivity contribution in [2.24, 2.45) is 7.05 Å². The molecule has 0 atom stereocenters. The van der Waals surface area contributed by atoms with Crippen molar-refractivity contribution in [3.63, 3.8) is 0 Å². The average Bonchev–Trinajstić information content (AvgIpc) is 2.79. The number of sulfonamides is 1. The zero-order valence-corrected chi connectivity index (χ0v) is 13.0. The molecule has 0 N–H and O–H groups in total. The molecule has 1 aromatic heterocycles. The summed E-state index contributed by atoms with van der Waals surface area (Å²) >= 11 is 3.41. The number of nitrogens with zero attached hydrogens (tertiary/aromatic N) is 3. The highest BCUT2D eigenvalue weighted by Crippen LogP contribution is 2.21. The number of aromatic nitrogens is 2. The lowest BCUT2D eigenvalue weighted by Crippen LogP contribution is -2.26. The first-order valence-corrected chi connectivity index (χ1v) is 7.83. The predicted octanol–water partition coefficient (Wildman–Crippen LogP) is 2.00. The van der Waals surface area contributed by atoms with Crippen LogP contribution in [0, 0.1) is 0 Å². The van der Waals surface area contributed by atoms with Crippen molar-refractivity contribution in [3.8, 4) is 0 Å². The van der Waals surface area contributed by atoms with Gasteiger partial charge in [-0.05, 0) is 11.6 Å². The van der Waals surface area contributed by atoms with E-state index in [9.17, 15) is 8.42 Å². The van der Waals surface area contributed by atoms with E-state index in [1.165, 1.54) is 21.4 Å². The van der Waals surface area contributed by atoms with Gasteiger partial charge < -0.3 is 0 Å². The summed E-state index contributed by atoms with van der Waals surface area (Å²) in [4.78, 5) is 0.199. The molecule has 0 radical (unpaired) electrons. The van der Waals surface area contributed by atoms with Gasteiger partial charge in [0.15, 0.2) is 0 Å². The van der Waals surface area contributed by atoms with Crippen LogP contribution in [0.4, 0.5) is 0 Å². The standard InChI is InChI=1S/C12H14BrN3O2S/c1-15-9-11(7-14-15)19(17,18)16(2)8-10-5-3-4-6-12(10)13/h3-7,9H,8H2,1-2H3. The van der Waals surface area contributed by atoms with Crippen LogP contribution in [0.5, 0.6) is 0 Å². The van der Waals surface area contributed by atoms with Gasteiger partial charge in [0, 0.05) is 31.3 Å². The Bertz CT molecular complexity index is 682. The molecule has 5 nitrogen and oxygen atoms in total. The van der Waals surface area contributed by atoms with Crippen molar-refractivity contribution in [1.29, 1.82) is 0 Å². The number of rotatable bonds is 4. The van der Waals surface area contributed by atoms with E-state index in [-0.39, 0.29) is 4.90 Å². The third kappa shape index (κ3) is 3.05. The average molecular weight is 344 g/mol. The van der Waals surface area contributed by atoms with E-state index in [1.807, 2.05) is 24.3 Å². The molecule has 0 fully saturated rings. The normalized spacial score (nSPS) is 12.0. The highest BCUT2D eigenvalue weighted by Gasteiger charge is 2.22. The van der Waals surface area contributed by atoms with Crippen LogP contribution in [0.1, 0.15) is 5.56 Å². The maximum Gasteiger partial charge on any atom is 0.246 e. The van der Waals surface area contributed by atoms with E-state index in [1.54, 1.807) is 14.1 Å². The molecule has 2 rings (SSSR count). The first-order chi connectivity index (χ1) is 8.91. The van der Waals surface area contributed by atoms with Crippen LogP contribution in [-0.2, 0) is 23.6 Å². The van der Waals surface area contributed by atoms with E-state index < -0.39 is 10.0 Å². The summed E-state index contributed by atoms with van der Waals surface area (Å²) in [7, 11) is -0.259. The Balaban J connectivity index is 2.25. The highest BCUT2D eigenvalue weighted by molar-refractivity contribution is 9.10. The largest absolute Gasteiger partial charge is 0.274 e. The Morgan fingerprint density at radius 2 is 2.05 bits per heavy atom. The van der Waals surface area contributed by atoms with E-state index in [2.05, 4.69) is 21.0 Å². The van der Waals surface area contributed by atoms with Gasteiger partial charge in [-0.2, -0.15) is 9.40 Å². The maximum atomic E-state index is 12.3. The Labute approximate surface area is 121 Å². The molecule has 1 aromatic carbocycles. The smallest absolute Gasteiger partial charge is 0.246 e. The zero-order chi connectivity index (χ0) is 14.0. The molecule has 0 amide bonds. The van der Waals surface area contributed by atoms with Crippen LogP contribution in [0.3, 0.4) is 0 Å². The second-order valence-corrected chi connectivity index (χ2v) is 7.10. The number of benzene rings is 1. The summed E-state index contributed by atoms with van der Waals surface area (Å²) in [5.41, 5.74) is 0.914. The molecular weight excluding hydrogens is 330 g/mol. The van der Waals surface area contributed by atoms with Gasteiger partial charge in [-0.1, -0.05) is 34.1 Å². The molecular formula is C12H14BrN3O2S. The lowest BCUT2D eigenvalue weighted by Gasteiger charge is -2.16. The van der Waals surface area contributed by atoms with Crippen molar-refractivity contribution < 1.29 is 8.42 Å². The van der Waals surface area contributed by atoms with Crippen molar-refractivity contribution in [2.45, 2.75) is 11.4 Å². The minimum atomic E-state index is -3.50. The lowest BCUT2D eigenvalue weighted by atomic mass is 10.2. The summed E-state index contributed by atoms with van der Waals surface area (Å²) in [5.74, 6) is 0. The van der Waals surface area contributed by atoms with Crippen LogP contribution in [0.15, 0.2) is 46.0 Å². The third-order valence-corrected chi connectivity index (χ3v) is 5.27. The highest BCUT2D eigenvalue weighted by atomic mass is 79.9. The summed E-state index contributed by atoms with van der Waals surface area (Å²) in [6.45, 7) is 0.304. The molecule has 0 saturated carbocycles. The number of halogens is 1. The van der Waals surface area contributed by atoms with Crippen molar-refractivity contribution in [3.05, 3.63) is 46.7 Å². The Morgan fingerprint density at radius 3 is 2.63 bits per heavy atom. The topological polar surface area (TPSA) is 55.2 Å². The van der Waals surface area contributed by atoms with Gasteiger partial charge in [0.25, 0.3) is 0 Å². The van der Waals surface area contributed by atoms with Crippen molar-refractivity contribution in [1.82, 2.24) is 14.1 Å². The fraction of sp³-hybridized carbons (Fsp3) is 0.250. The molecule has 0 aliphatic carbocycles. The Kier molecular flexibility index (Phi) is 4.07. The molecule has 0 aliphatic rings. The van der Waals surface area contributed by atoms with Crippen molar-refractivity contribution in [2.75, 3.05) is 7.05 Å². The van der Waals surface area contributed by atoms with Gasteiger partial charge in [-0.15, -0.1) is 0 Å². The monoisotopic (exact) mass is 343 g/mol. The molecule has 7 heteroatoms. The predicted molar refractivity (Wildman–Crippen MR) is 76.0 cm³/mol. The van der Waals surface area contributed by atoms with E-state index >= 15 is 0 Å². The van der Waals surface area contributed by atoms with Gasteiger partial charge in [0.05, 0.1) is 6.20 Å². The minimum absolute atomic E-state index is 0.199. The molecule has 1 heterocycles. The number of hydrogen-bond acceptors (Lipinski definition) is 3. The fourth-order valence-electron chi connectivity index (χ4n) is 1.66. The Hall–Kier alpha value is -1.18. The molecule has 0 saturated heterocycles. The molecule has 0 unspecified atom stereocenters. The van der Waals surface area contributed by atoms with Gasteiger partial charge >= 0.3 is 0 Å². The van der Waals surface area contributed by atoms with E-state index in [4.69, 9.17) is 0 Å². The lowest BCUT2D eigenvalue weighted by molar-refractivity contribution is 0.466. The van der Waals surface area contributed by atoms with E-state index in [0.717, 1.165) is 10.0 Å². The van der Waals surface area contributed by atoms with Gasteiger partial charge in [0.2, 0.25) is 10.0 Å². The summed E-state index contributed by atoms with van der Waals surface area (Å²) in [5, 5.41) is 3.89. The molecule has 0 bridgehead atoms. The first kappa shape index (κ1) is 14.2. The van der Waals surface area contributed by atoms with Gasteiger partial charge in [-0.3, -0.25) is 4.68 Å². The number of hydrogen-bond donors (Lipinski definition) is 0. The third-order valence-electron chi connectivity index (χ3n) is 2.74. The molecule has 2 aromatic rings. The first-order valence-electron chi connectivity index (χ1n) is 5.59. The van der Waals surface area contributed by atoms with Crippen LogP contribution in [-0.4, -0.2) is 29.6 Å². The van der Waals surface area contributed by atoms with Crippen LogP contribution in [0.2, 0.25) is 0 Å². The summed E-state index contributed by atoms with van der Waals surface area (Å²) < 4.78 is 28.3. The van der Waals surface area contributed by atoms with Gasteiger partial charge in [-0.25, -0.2) is 8.42 Å². The van der Waals surface area contributed by atoms with Crippen LogP contribution in [0.25, 0.3) is 0 Å². The van der Waals surface area contributed by atoms with Crippen LogP contribution < -0.4 is 0 Å². The molecule has 0 aliphatic heterocycles. The second kappa shape index (κ2) is 5.44. The molecule has 19 heavy (non-hydrogen) atoms. The summed E-state index contributed by atoms with van der Waals surface area (Å²) in [6.07, 6.45) is 2.84. The zero-order valence-electron chi connectivity index (χ0n) is 10.6. The van der Waals surface area contributed by atoms with Crippen molar-refractivity contribution >= 4 is 26.0 Å². The maximum absolute atomic E-state index is 12.3. The fourth-order valence-corrected chi connectivity index (χ4v) is 3.21.